The number of nitrogens with zero attached hydrogens (tertiary/aromatic N) is 1. The van der Waals surface area contributed by atoms with Crippen molar-refractivity contribution < 1.29 is 4.74 Å². The molecule has 3 nitrogen and oxygen atoms in total. The fourth-order valence-corrected chi connectivity index (χ4v) is 2.34. The fourth-order valence-electron chi connectivity index (χ4n) is 1.95. The zero-order chi connectivity index (χ0) is 15.7. The molecule has 21 heavy (non-hydrogen) atoms. The van der Waals surface area contributed by atoms with Crippen LogP contribution in [0.2, 0.25) is 0 Å². The Labute approximate surface area is 136 Å². The summed E-state index contributed by atoms with van der Waals surface area (Å²) >= 11 is 3.56. The molecule has 1 N–H and O–H groups in total. The number of unbranched alkanes of at least 4 members (excludes halogenated alkanes) is 1. The molecule has 0 radical (unpaired) electrons. The Morgan fingerprint density at radius 3 is 2.76 bits per heavy atom. The lowest BCUT2D eigenvalue weighted by Gasteiger charge is -2.14. The van der Waals surface area contributed by atoms with Gasteiger partial charge in [0.25, 0.3) is 0 Å². The zero-order valence-corrected chi connectivity index (χ0v) is 14.8. The summed E-state index contributed by atoms with van der Waals surface area (Å²) in [5.41, 5.74) is 0.983. The first-order valence-electron chi connectivity index (χ1n) is 7.51. The molecule has 0 spiro atoms. The second kappa shape index (κ2) is 9.07. The van der Waals surface area contributed by atoms with Gasteiger partial charge in [-0.3, -0.25) is 0 Å². The van der Waals surface area contributed by atoms with Gasteiger partial charge in [-0.1, -0.05) is 22.9 Å². The minimum Gasteiger partial charge on any atom is -0.494 e. The lowest BCUT2D eigenvalue weighted by molar-refractivity contribution is 0.294. The van der Waals surface area contributed by atoms with Crippen LogP contribution >= 0.6 is 15.9 Å². The number of halogens is 1. The van der Waals surface area contributed by atoms with Crippen molar-refractivity contribution in [1.29, 1.82) is 5.26 Å². The molecule has 1 aromatic rings. The molecule has 0 fully saturated rings. The molecule has 0 atom stereocenters. The molecule has 0 aromatic heterocycles. The number of hydrogen-bond donors (Lipinski definition) is 1. The maximum atomic E-state index is 8.96. The molecular weight excluding hydrogens is 328 g/mol. The van der Waals surface area contributed by atoms with Gasteiger partial charge in [0.15, 0.2) is 0 Å². The summed E-state index contributed by atoms with van der Waals surface area (Å²) in [5.74, 6) is 0.908. The van der Waals surface area contributed by atoms with Crippen LogP contribution in [0, 0.1) is 16.7 Å². The third kappa shape index (κ3) is 6.97. The average molecular weight is 353 g/mol. The largest absolute Gasteiger partial charge is 0.494 e. The van der Waals surface area contributed by atoms with Gasteiger partial charge in [0, 0.05) is 11.0 Å². The van der Waals surface area contributed by atoms with Crippen molar-refractivity contribution in [3.63, 3.8) is 0 Å². The number of benzene rings is 1. The van der Waals surface area contributed by atoms with Crippen molar-refractivity contribution in [3.8, 4) is 11.8 Å². The third-order valence-corrected chi connectivity index (χ3v) is 4.12. The Bertz CT molecular complexity index is 480. The molecule has 116 valence electrons. The van der Waals surface area contributed by atoms with E-state index in [0.29, 0.717) is 6.61 Å². The molecule has 0 saturated heterocycles. The van der Waals surface area contributed by atoms with E-state index < -0.39 is 0 Å². The minimum absolute atomic E-state index is 0.226. The molecule has 1 rings (SSSR count). The highest BCUT2D eigenvalue weighted by Gasteiger charge is 2.15. The van der Waals surface area contributed by atoms with Crippen molar-refractivity contribution in [1.82, 2.24) is 5.32 Å². The number of nitriles is 1. The molecule has 4 heteroatoms. The van der Waals surface area contributed by atoms with Crippen LogP contribution in [-0.2, 0) is 6.54 Å². The van der Waals surface area contributed by atoms with Crippen LogP contribution in [0.1, 0.15) is 45.6 Å². The first-order valence-corrected chi connectivity index (χ1v) is 8.31. The summed E-state index contributed by atoms with van der Waals surface area (Å²) < 4.78 is 6.90. The molecule has 0 saturated carbocycles. The minimum atomic E-state index is -0.226. The van der Waals surface area contributed by atoms with E-state index in [9.17, 15) is 0 Å². The zero-order valence-electron chi connectivity index (χ0n) is 13.2. The lowest BCUT2D eigenvalue weighted by Crippen LogP contribution is -2.12. The summed E-state index contributed by atoms with van der Waals surface area (Å²) in [6, 6.07) is 8.42. The van der Waals surface area contributed by atoms with E-state index in [-0.39, 0.29) is 5.41 Å². The van der Waals surface area contributed by atoms with E-state index in [2.05, 4.69) is 40.3 Å². The Balaban J connectivity index is 2.37. The van der Waals surface area contributed by atoms with Crippen LogP contribution in [0.25, 0.3) is 0 Å². The van der Waals surface area contributed by atoms with Gasteiger partial charge in [-0.05, 0) is 63.4 Å². The quantitative estimate of drug-likeness (QED) is 0.657. The van der Waals surface area contributed by atoms with Crippen LogP contribution in [-0.4, -0.2) is 13.2 Å². The van der Waals surface area contributed by atoms with Crippen LogP contribution in [0.4, 0.5) is 0 Å². The topological polar surface area (TPSA) is 45.0 Å². The predicted molar refractivity (Wildman–Crippen MR) is 90.3 cm³/mol. The van der Waals surface area contributed by atoms with Crippen molar-refractivity contribution >= 4 is 15.9 Å². The second-order valence-electron chi connectivity index (χ2n) is 5.83. The van der Waals surface area contributed by atoms with E-state index in [1.54, 1.807) is 0 Å². The molecule has 0 bridgehead atoms. The summed E-state index contributed by atoms with van der Waals surface area (Å²) in [5, 5.41) is 12.3. The Hall–Kier alpha value is -1.05. The number of ether oxygens (including phenoxy) is 1. The Kier molecular flexibility index (Phi) is 7.77. The van der Waals surface area contributed by atoms with Crippen molar-refractivity contribution in [3.05, 3.63) is 28.2 Å². The first kappa shape index (κ1) is 18.0. The van der Waals surface area contributed by atoms with Crippen molar-refractivity contribution in [2.24, 2.45) is 5.41 Å². The first-order chi connectivity index (χ1) is 9.98. The van der Waals surface area contributed by atoms with E-state index in [1.807, 2.05) is 26.0 Å². The lowest BCUT2D eigenvalue weighted by atomic mass is 9.89. The molecule has 0 aliphatic rings. The van der Waals surface area contributed by atoms with Gasteiger partial charge in [0.05, 0.1) is 18.1 Å². The molecule has 0 aliphatic heterocycles. The average Bonchev–Trinajstić information content (AvgIpc) is 2.47. The molecule has 0 heterocycles. The molecular formula is C17H25BrN2O. The van der Waals surface area contributed by atoms with Gasteiger partial charge in [-0.2, -0.15) is 5.26 Å². The van der Waals surface area contributed by atoms with Gasteiger partial charge in [0.2, 0.25) is 0 Å². The maximum absolute atomic E-state index is 8.96. The number of rotatable bonds is 9. The Morgan fingerprint density at radius 1 is 1.33 bits per heavy atom. The molecule has 0 aliphatic carbocycles. The van der Waals surface area contributed by atoms with Gasteiger partial charge in [0.1, 0.15) is 5.75 Å². The summed E-state index contributed by atoms with van der Waals surface area (Å²) in [6.07, 6.45) is 2.91. The summed E-state index contributed by atoms with van der Waals surface area (Å²) in [7, 11) is 0. The van der Waals surface area contributed by atoms with Crippen LogP contribution < -0.4 is 10.1 Å². The fraction of sp³-hybridized carbons (Fsp3) is 0.588. The van der Waals surface area contributed by atoms with Gasteiger partial charge < -0.3 is 10.1 Å². The van der Waals surface area contributed by atoms with Crippen LogP contribution in [0.15, 0.2) is 22.7 Å². The maximum Gasteiger partial charge on any atom is 0.119 e. The smallest absolute Gasteiger partial charge is 0.119 e. The highest BCUT2D eigenvalue weighted by Crippen LogP contribution is 2.24. The molecule has 1 aromatic carbocycles. The van der Waals surface area contributed by atoms with Gasteiger partial charge >= 0.3 is 0 Å². The highest BCUT2D eigenvalue weighted by molar-refractivity contribution is 9.10. The van der Waals surface area contributed by atoms with Gasteiger partial charge in [-0.15, -0.1) is 0 Å². The Morgan fingerprint density at radius 2 is 2.10 bits per heavy atom. The van der Waals surface area contributed by atoms with E-state index in [4.69, 9.17) is 10.00 Å². The number of nitrogens with one attached hydrogen (secondary N) is 1. The summed E-state index contributed by atoms with van der Waals surface area (Å²) in [4.78, 5) is 0. The van der Waals surface area contributed by atoms with E-state index in [1.165, 1.54) is 5.56 Å². The second-order valence-corrected chi connectivity index (χ2v) is 6.69. The molecule has 0 unspecified atom stereocenters. The summed E-state index contributed by atoms with van der Waals surface area (Å²) in [6.45, 7) is 8.54. The molecule has 0 amide bonds. The van der Waals surface area contributed by atoms with Crippen molar-refractivity contribution in [2.75, 3.05) is 13.2 Å². The van der Waals surface area contributed by atoms with E-state index in [0.717, 1.165) is 42.6 Å². The van der Waals surface area contributed by atoms with Crippen LogP contribution in [0.3, 0.4) is 0 Å². The normalized spacial score (nSPS) is 11.2. The third-order valence-electron chi connectivity index (χ3n) is 3.35. The van der Waals surface area contributed by atoms with Crippen molar-refractivity contribution in [2.45, 2.75) is 46.6 Å². The standard InChI is InChI=1S/C17H25BrN2O/c1-4-20-12-14-11-15(7-8-16(14)18)21-10-6-5-9-17(2,3)13-19/h7-8,11,20H,4-6,9-10,12H2,1-3H3. The SMILES string of the molecule is CCNCc1cc(OCCCCC(C)(C)C#N)ccc1Br. The monoisotopic (exact) mass is 352 g/mol. The van der Waals surface area contributed by atoms with E-state index >= 15 is 0 Å². The predicted octanol–water partition coefficient (Wildman–Crippen LogP) is 4.66. The highest BCUT2D eigenvalue weighted by atomic mass is 79.9. The van der Waals surface area contributed by atoms with Gasteiger partial charge in [-0.25, -0.2) is 0 Å². The number of hydrogen-bond acceptors (Lipinski definition) is 3. The van der Waals surface area contributed by atoms with Crippen LogP contribution in [0.5, 0.6) is 5.75 Å².